The molecule has 0 radical (unpaired) electrons. The van der Waals surface area contributed by atoms with Gasteiger partial charge < -0.3 is 10.1 Å². The third-order valence-electron chi connectivity index (χ3n) is 3.36. The third-order valence-corrected chi connectivity index (χ3v) is 4.44. The first-order valence-corrected chi connectivity index (χ1v) is 8.91. The lowest BCUT2D eigenvalue weighted by atomic mass is 10.2. The Labute approximate surface area is 138 Å². The molecule has 1 N–H and O–H groups in total. The first-order chi connectivity index (χ1) is 10.4. The van der Waals surface area contributed by atoms with Crippen LogP contribution in [0.15, 0.2) is 18.2 Å². The highest BCUT2D eigenvalue weighted by molar-refractivity contribution is 7.83. The fourth-order valence-corrected chi connectivity index (χ4v) is 3.28. The molecule has 5 nitrogen and oxygen atoms in total. The standard InChI is InChI=1S/C15H20ClN3O2S/c1-10-13(15(21-3)19(2)18-10)8-17-12-5-6-14(16)11(7-12)9-22(4)20/h5-7,17H,8-9H2,1-4H3/t22-/m1/s1. The van der Waals surface area contributed by atoms with Gasteiger partial charge in [-0.15, -0.1) is 0 Å². The van der Waals surface area contributed by atoms with Crippen LogP contribution in [0.3, 0.4) is 0 Å². The predicted molar refractivity (Wildman–Crippen MR) is 91.0 cm³/mol. The van der Waals surface area contributed by atoms with Crippen molar-refractivity contribution in [2.45, 2.75) is 19.2 Å². The van der Waals surface area contributed by atoms with E-state index >= 15 is 0 Å². The SMILES string of the molecule is COc1c(CNc2ccc(Cl)c(C[S@@](C)=O)c2)c(C)nn1C. The van der Waals surface area contributed by atoms with Crippen LogP contribution < -0.4 is 10.1 Å². The predicted octanol–water partition coefficient (Wildman–Crippen LogP) is 2.88. The molecule has 0 fully saturated rings. The van der Waals surface area contributed by atoms with E-state index in [1.165, 1.54) is 0 Å². The summed E-state index contributed by atoms with van der Waals surface area (Å²) in [5.41, 5.74) is 3.74. The summed E-state index contributed by atoms with van der Waals surface area (Å²) in [4.78, 5) is 0. The molecule has 0 amide bonds. The van der Waals surface area contributed by atoms with Crippen LogP contribution in [-0.4, -0.2) is 27.4 Å². The van der Waals surface area contributed by atoms with Gasteiger partial charge in [-0.2, -0.15) is 5.10 Å². The molecule has 0 saturated carbocycles. The molecule has 0 aliphatic heterocycles. The summed E-state index contributed by atoms with van der Waals surface area (Å²) in [6.45, 7) is 2.55. The molecule has 0 unspecified atom stereocenters. The van der Waals surface area contributed by atoms with Crippen molar-refractivity contribution >= 4 is 28.1 Å². The lowest BCUT2D eigenvalue weighted by Crippen LogP contribution is -2.04. The Morgan fingerprint density at radius 3 is 2.82 bits per heavy atom. The molecule has 0 saturated heterocycles. The first-order valence-electron chi connectivity index (χ1n) is 6.81. The highest BCUT2D eigenvalue weighted by Gasteiger charge is 2.13. The Morgan fingerprint density at radius 1 is 1.45 bits per heavy atom. The summed E-state index contributed by atoms with van der Waals surface area (Å²) in [7, 11) is 2.56. The number of benzene rings is 1. The number of anilines is 1. The average molecular weight is 342 g/mol. The van der Waals surface area contributed by atoms with Crippen LogP contribution in [0.2, 0.25) is 5.02 Å². The number of methoxy groups -OCH3 is 1. The van der Waals surface area contributed by atoms with Crippen LogP contribution in [0.25, 0.3) is 0 Å². The van der Waals surface area contributed by atoms with Crippen LogP contribution in [0.4, 0.5) is 5.69 Å². The number of aryl methyl sites for hydroxylation is 2. The maximum absolute atomic E-state index is 11.4. The fourth-order valence-electron chi connectivity index (χ4n) is 2.34. The minimum absolute atomic E-state index is 0.448. The minimum Gasteiger partial charge on any atom is -0.481 e. The Balaban J connectivity index is 2.17. The molecule has 0 aliphatic carbocycles. The van der Waals surface area contributed by atoms with Gasteiger partial charge >= 0.3 is 0 Å². The Kier molecular flexibility index (Phi) is 5.47. The molecule has 0 spiro atoms. The Bertz CT molecular complexity index is 700. The van der Waals surface area contributed by atoms with E-state index in [0.29, 0.717) is 17.3 Å². The second-order valence-electron chi connectivity index (χ2n) is 5.07. The van der Waals surface area contributed by atoms with Gasteiger partial charge in [-0.3, -0.25) is 4.21 Å². The number of halogens is 1. The lowest BCUT2D eigenvalue weighted by molar-refractivity contribution is 0.370. The van der Waals surface area contributed by atoms with Crippen LogP contribution in [-0.2, 0) is 30.1 Å². The van der Waals surface area contributed by atoms with Crippen molar-refractivity contribution in [2.24, 2.45) is 7.05 Å². The monoisotopic (exact) mass is 341 g/mol. The normalized spacial score (nSPS) is 12.2. The number of nitrogens with one attached hydrogen (secondary N) is 1. The summed E-state index contributed by atoms with van der Waals surface area (Å²) in [5, 5.41) is 8.33. The van der Waals surface area contributed by atoms with Crippen LogP contribution in [0.5, 0.6) is 5.88 Å². The van der Waals surface area contributed by atoms with E-state index in [2.05, 4.69) is 10.4 Å². The van der Waals surface area contributed by atoms with Crippen molar-refractivity contribution in [1.82, 2.24) is 9.78 Å². The van der Waals surface area contributed by atoms with E-state index < -0.39 is 10.8 Å². The number of rotatable bonds is 6. The van der Waals surface area contributed by atoms with Crippen molar-refractivity contribution in [2.75, 3.05) is 18.7 Å². The zero-order valence-electron chi connectivity index (χ0n) is 13.1. The molecule has 120 valence electrons. The van der Waals surface area contributed by atoms with Crippen molar-refractivity contribution < 1.29 is 8.95 Å². The quantitative estimate of drug-likeness (QED) is 0.877. The van der Waals surface area contributed by atoms with Gasteiger partial charge in [0.05, 0.1) is 18.4 Å². The van der Waals surface area contributed by atoms with Gasteiger partial charge in [0.2, 0.25) is 5.88 Å². The highest BCUT2D eigenvalue weighted by atomic mass is 35.5. The van der Waals surface area contributed by atoms with Gasteiger partial charge in [0, 0.05) is 47.1 Å². The van der Waals surface area contributed by atoms with Gasteiger partial charge in [0.25, 0.3) is 0 Å². The Morgan fingerprint density at radius 2 is 2.18 bits per heavy atom. The maximum Gasteiger partial charge on any atom is 0.216 e. The van der Waals surface area contributed by atoms with Crippen LogP contribution >= 0.6 is 11.6 Å². The molecule has 22 heavy (non-hydrogen) atoms. The van der Waals surface area contributed by atoms with Gasteiger partial charge in [-0.1, -0.05) is 11.6 Å². The van der Waals surface area contributed by atoms with E-state index in [-0.39, 0.29) is 0 Å². The average Bonchev–Trinajstić information content (AvgIpc) is 2.72. The van der Waals surface area contributed by atoms with E-state index in [4.69, 9.17) is 16.3 Å². The first kappa shape index (κ1) is 16.8. The Hall–Kier alpha value is -1.53. The summed E-state index contributed by atoms with van der Waals surface area (Å²) in [6, 6.07) is 5.66. The van der Waals surface area contributed by atoms with Crippen molar-refractivity contribution in [3.05, 3.63) is 40.0 Å². The molecule has 7 heteroatoms. The topological polar surface area (TPSA) is 56.1 Å². The third kappa shape index (κ3) is 3.81. The molecule has 1 atom stereocenters. The molecule has 1 aromatic heterocycles. The molecule has 1 aromatic carbocycles. The number of hydrogen-bond donors (Lipinski definition) is 1. The van der Waals surface area contributed by atoms with E-state index in [1.807, 2.05) is 32.2 Å². The maximum atomic E-state index is 11.4. The smallest absolute Gasteiger partial charge is 0.216 e. The van der Waals surface area contributed by atoms with Crippen LogP contribution in [0.1, 0.15) is 16.8 Å². The van der Waals surface area contributed by atoms with E-state index in [1.54, 1.807) is 18.0 Å². The van der Waals surface area contributed by atoms with E-state index in [9.17, 15) is 4.21 Å². The van der Waals surface area contributed by atoms with Gasteiger partial charge in [-0.05, 0) is 30.7 Å². The molecular weight excluding hydrogens is 322 g/mol. The summed E-state index contributed by atoms with van der Waals surface area (Å²) < 4.78 is 18.5. The highest BCUT2D eigenvalue weighted by Crippen LogP contribution is 2.25. The molecular formula is C15H20ClN3O2S. The second-order valence-corrected chi connectivity index (χ2v) is 6.92. The molecule has 0 aliphatic rings. The van der Waals surface area contributed by atoms with Gasteiger partial charge in [-0.25, -0.2) is 4.68 Å². The summed E-state index contributed by atoms with van der Waals surface area (Å²) >= 11 is 6.14. The molecule has 2 aromatic rings. The van der Waals surface area contributed by atoms with Gasteiger partial charge in [0.1, 0.15) is 0 Å². The van der Waals surface area contributed by atoms with Crippen molar-refractivity contribution in [3.8, 4) is 5.88 Å². The number of aromatic nitrogens is 2. The number of nitrogens with zero attached hydrogens (tertiary/aromatic N) is 2. The molecule has 1 heterocycles. The largest absolute Gasteiger partial charge is 0.481 e. The molecule has 2 rings (SSSR count). The van der Waals surface area contributed by atoms with Crippen molar-refractivity contribution in [3.63, 3.8) is 0 Å². The van der Waals surface area contributed by atoms with E-state index in [0.717, 1.165) is 28.4 Å². The number of hydrogen-bond acceptors (Lipinski definition) is 4. The number of ether oxygens (including phenoxy) is 1. The zero-order chi connectivity index (χ0) is 16.3. The van der Waals surface area contributed by atoms with Crippen molar-refractivity contribution in [1.29, 1.82) is 0 Å². The van der Waals surface area contributed by atoms with Gasteiger partial charge in [0.15, 0.2) is 0 Å². The second kappa shape index (κ2) is 7.15. The lowest BCUT2D eigenvalue weighted by Gasteiger charge is -2.10. The zero-order valence-corrected chi connectivity index (χ0v) is 14.7. The summed E-state index contributed by atoms with van der Waals surface area (Å²) in [6.07, 6.45) is 1.67. The van der Waals surface area contributed by atoms with Crippen LogP contribution in [0, 0.1) is 6.92 Å². The summed E-state index contributed by atoms with van der Waals surface area (Å²) in [5.74, 6) is 1.19. The fraction of sp³-hybridized carbons (Fsp3) is 0.400. The minimum atomic E-state index is -0.926. The molecule has 0 bridgehead atoms.